The number of anilines is 1. The molecule has 0 saturated carbocycles. The molecule has 0 unspecified atom stereocenters. The number of carbonyl (C=O) groups excluding carboxylic acids is 1. The van der Waals surface area contributed by atoms with Crippen LogP contribution in [0.5, 0.6) is 0 Å². The van der Waals surface area contributed by atoms with Crippen molar-refractivity contribution in [3.05, 3.63) is 30.1 Å². The second kappa shape index (κ2) is 7.98. The van der Waals surface area contributed by atoms with Gasteiger partial charge in [-0.25, -0.2) is 4.39 Å². The Morgan fingerprint density at radius 3 is 2.62 bits per heavy atom. The normalized spacial score (nSPS) is 16.0. The van der Waals surface area contributed by atoms with Crippen LogP contribution < -0.4 is 10.2 Å². The molecule has 1 heterocycles. The number of nitrogens with one attached hydrogen (secondary N) is 1. The van der Waals surface area contributed by atoms with Gasteiger partial charge in [-0.2, -0.15) is 0 Å². The number of benzene rings is 1. The summed E-state index contributed by atoms with van der Waals surface area (Å²) in [6.45, 7) is 7.00. The minimum atomic E-state index is -0.155. The van der Waals surface area contributed by atoms with Crippen LogP contribution >= 0.6 is 0 Å². The second-order valence-corrected chi connectivity index (χ2v) is 5.38. The summed E-state index contributed by atoms with van der Waals surface area (Å²) in [5, 5.41) is 2.93. The Balaban J connectivity index is 1.71. The van der Waals surface area contributed by atoms with Crippen molar-refractivity contribution >= 4 is 11.6 Å². The Labute approximate surface area is 125 Å². The summed E-state index contributed by atoms with van der Waals surface area (Å²) in [6.07, 6.45) is 1.48. The maximum absolute atomic E-state index is 13.7. The highest BCUT2D eigenvalue weighted by molar-refractivity contribution is 5.75. The third kappa shape index (κ3) is 4.70. The van der Waals surface area contributed by atoms with Crippen molar-refractivity contribution < 1.29 is 9.18 Å². The Morgan fingerprint density at radius 1 is 1.24 bits per heavy atom. The fourth-order valence-electron chi connectivity index (χ4n) is 2.59. The van der Waals surface area contributed by atoms with E-state index in [0.29, 0.717) is 18.7 Å². The molecule has 5 heteroatoms. The summed E-state index contributed by atoms with van der Waals surface area (Å²) in [7, 11) is 0. The van der Waals surface area contributed by atoms with Crippen LogP contribution in [0.2, 0.25) is 0 Å². The van der Waals surface area contributed by atoms with Crippen LogP contribution in [0.1, 0.15) is 19.8 Å². The molecule has 116 valence electrons. The maximum Gasteiger partial charge on any atom is 0.220 e. The number of rotatable bonds is 6. The lowest BCUT2D eigenvalue weighted by atomic mass is 10.2. The van der Waals surface area contributed by atoms with Gasteiger partial charge in [0.2, 0.25) is 5.91 Å². The van der Waals surface area contributed by atoms with Gasteiger partial charge in [0.1, 0.15) is 5.82 Å². The van der Waals surface area contributed by atoms with Crippen molar-refractivity contribution in [2.75, 3.05) is 44.2 Å². The molecule has 0 radical (unpaired) electrons. The van der Waals surface area contributed by atoms with Gasteiger partial charge in [0.05, 0.1) is 5.69 Å². The number of nitrogens with zero attached hydrogens (tertiary/aromatic N) is 2. The monoisotopic (exact) mass is 293 g/mol. The zero-order valence-electron chi connectivity index (χ0n) is 12.6. The van der Waals surface area contributed by atoms with E-state index < -0.39 is 0 Å². The number of carbonyl (C=O) groups is 1. The van der Waals surface area contributed by atoms with E-state index in [9.17, 15) is 9.18 Å². The van der Waals surface area contributed by atoms with E-state index in [1.807, 2.05) is 19.1 Å². The summed E-state index contributed by atoms with van der Waals surface area (Å²) >= 11 is 0. The van der Waals surface area contributed by atoms with E-state index in [0.717, 1.165) is 39.1 Å². The zero-order chi connectivity index (χ0) is 15.1. The summed E-state index contributed by atoms with van der Waals surface area (Å²) in [4.78, 5) is 15.8. The molecule has 1 aliphatic heterocycles. The average molecular weight is 293 g/mol. The lowest BCUT2D eigenvalue weighted by Crippen LogP contribution is -2.48. The molecule has 21 heavy (non-hydrogen) atoms. The SMILES string of the molecule is CCCC(=O)NCCN1CCN(c2ccccc2F)CC1. The maximum atomic E-state index is 13.7. The van der Waals surface area contributed by atoms with Crippen LogP contribution in [0.4, 0.5) is 10.1 Å². The summed E-state index contributed by atoms with van der Waals surface area (Å²) in [5.41, 5.74) is 0.688. The summed E-state index contributed by atoms with van der Waals surface area (Å²) in [5.74, 6) is -0.0275. The predicted octanol–water partition coefficient (Wildman–Crippen LogP) is 1.86. The first-order valence-corrected chi connectivity index (χ1v) is 7.69. The number of para-hydroxylation sites is 1. The molecule has 0 bridgehead atoms. The van der Waals surface area contributed by atoms with Gasteiger partial charge in [-0.05, 0) is 18.6 Å². The van der Waals surface area contributed by atoms with Crippen molar-refractivity contribution in [1.82, 2.24) is 10.2 Å². The van der Waals surface area contributed by atoms with E-state index in [1.165, 1.54) is 6.07 Å². The summed E-state index contributed by atoms with van der Waals surface area (Å²) in [6, 6.07) is 6.92. The van der Waals surface area contributed by atoms with Crippen molar-refractivity contribution in [3.8, 4) is 0 Å². The number of piperazine rings is 1. The van der Waals surface area contributed by atoms with Crippen molar-refractivity contribution in [1.29, 1.82) is 0 Å². The van der Waals surface area contributed by atoms with E-state index in [4.69, 9.17) is 0 Å². The van der Waals surface area contributed by atoms with E-state index in [-0.39, 0.29) is 11.7 Å². The van der Waals surface area contributed by atoms with Crippen LogP contribution in [0.25, 0.3) is 0 Å². The van der Waals surface area contributed by atoms with Crippen LogP contribution in [0.15, 0.2) is 24.3 Å². The van der Waals surface area contributed by atoms with Gasteiger partial charge in [-0.3, -0.25) is 9.69 Å². The molecule has 1 aliphatic rings. The number of amides is 1. The van der Waals surface area contributed by atoms with Crippen LogP contribution in [0, 0.1) is 5.82 Å². The lowest BCUT2D eigenvalue weighted by Gasteiger charge is -2.36. The molecule has 1 N–H and O–H groups in total. The smallest absolute Gasteiger partial charge is 0.220 e. The van der Waals surface area contributed by atoms with Gasteiger partial charge in [0.15, 0.2) is 0 Å². The molecule has 1 amide bonds. The van der Waals surface area contributed by atoms with E-state index in [2.05, 4.69) is 15.1 Å². The fourth-order valence-corrected chi connectivity index (χ4v) is 2.59. The molecule has 2 rings (SSSR count). The lowest BCUT2D eigenvalue weighted by molar-refractivity contribution is -0.121. The Bertz CT molecular complexity index is 459. The van der Waals surface area contributed by atoms with Crippen molar-refractivity contribution in [3.63, 3.8) is 0 Å². The molecular weight excluding hydrogens is 269 g/mol. The molecule has 0 aromatic heterocycles. The number of hydrogen-bond donors (Lipinski definition) is 1. The highest BCUT2D eigenvalue weighted by atomic mass is 19.1. The molecule has 1 aromatic rings. The van der Waals surface area contributed by atoms with Gasteiger partial charge in [-0.15, -0.1) is 0 Å². The van der Waals surface area contributed by atoms with Crippen molar-refractivity contribution in [2.45, 2.75) is 19.8 Å². The zero-order valence-corrected chi connectivity index (χ0v) is 12.6. The van der Waals surface area contributed by atoms with Crippen LogP contribution in [-0.4, -0.2) is 50.1 Å². The first-order chi connectivity index (χ1) is 10.2. The van der Waals surface area contributed by atoms with Gasteiger partial charge in [0, 0.05) is 45.7 Å². The average Bonchev–Trinajstić information content (AvgIpc) is 2.49. The third-order valence-corrected chi connectivity index (χ3v) is 3.79. The van der Waals surface area contributed by atoms with Gasteiger partial charge in [0.25, 0.3) is 0 Å². The van der Waals surface area contributed by atoms with E-state index in [1.54, 1.807) is 6.07 Å². The molecule has 0 atom stereocenters. The van der Waals surface area contributed by atoms with Gasteiger partial charge >= 0.3 is 0 Å². The quantitative estimate of drug-likeness (QED) is 0.869. The second-order valence-electron chi connectivity index (χ2n) is 5.38. The highest BCUT2D eigenvalue weighted by Crippen LogP contribution is 2.19. The van der Waals surface area contributed by atoms with E-state index >= 15 is 0 Å². The Kier molecular flexibility index (Phi) is 5.99. The Morgan fingerprint density at radius 2 is 1.95 bits per heavy atom. The van der Waals surface area contributed by atoms with Gasteiger partial charge in [-0.1, -0.05) is 19.1 Å². The molecule has 1 aromatic carbocycles. The minimum Gasteiger partial charge on any atom is -0.367 e. The first-order valence-electron chi connectivity index (χ1n) is 7.69. The fraction of sp³-hybridized carbons (Fsp3) is 0.562. The minimum absolute atomic E-state index is 0.127. The van der Waals surface area contributed by atoms with Crippen LogP contribution in [0.3, 0.4) is 0 Å². The third-order valence-electron chi connectivity index (χ3n) is 3.79. The molecular formula is C16H24FN3O. The summed E-state index contributed by atoms with van der Waals surface area (Å²) < 4.78 is 13.7. The van der Waals surface area contributed by atoms with Crippen molar-refractivity contribution in [2.24, 2.45) is 0 Å². The largest absolute Gasteiger partial charge is 0.367 e. The predicted molar refractivity (Wildman–Crippen MR) is 83.0 cm³/mol. The topological polar surface area (TPSA) is 35.6 Å². The first kappa shape index (κ1) is 15.8. The molecule has 1 fully saturated rings. The molecule has 0 spiro atoms. The standard InChI is InChI=1S/C16H24FN3O/c1-2-5-16(21)18-8-9-19-10-12-20(13-11-19)15-7-4-3-6-14(15)17/h3-4,6-7H,2,5,8-13H2,1H3,(H,18,21). The highest BCUT2D eigenvalue weighted by Gasteiger charge is 2.18. The number of halogens is 1. The van der Waals surface area contributed by atoms with Gasteiger partial charge < -0.3 is 10.2 Å². The molecule has 4 nitrogen and oxygen atoms in total. The number of hydrogen-bond acceptors (Lipinski definition) is 3. The molecule has 0 aliphatic carbocycles. The molecule has 1 saturated heterocycles. The van der Waals surface area contributed by atoms with Crippen LogP contribution in [-0.2, 0) is 4.79 Å². The Hall–Kier alpha value is -1.62.